The second-order valence-corrected chi connectivity index (χ2v) is 6.69. The summed E-state index contributed by atoms with van der Waals surface area (Å²) in [6.07, 6.45) is 0.976. The van der Waals surface area contributed by atoms with Crippen LogP contribution in [0.2, 0.25) is 5.02 Å². The minimum absolute atomic E-state index is 0.0374. The maximum absolute atomic E-state index is 12.1. The summed E-state index contributed by atoms with van der Waals surface area (Å²) >= 11 is 5.81. The van der Waals surface area contributed by atoms with Gasteiger partial charge in [0.05, 0.1) is 5.92 Å². The highest BCUT2D eigenvalue weighted by molar-refractivity contribution is 6.30. The number of carboxylic acids is 1. The number of nitrogens with zero attached hydrogens (tertiary/aromatic N) is 2. The topological polar surface area (TPSA) is 72.9 Å². The number of hydrogen-bond donors (Lipinski definition) is 2. The highest BCUT2D eigenvalue weighted by atomic mass is 35.5. The number of carbonyl (C=O) groups excluding carboxylic acids is 1. The molecule has 0 unspecified atom stereocenters. The Morgan fingerprint density at radius 1 is 1.21 bits per heavy atom. The van der Waals surface area contributed by atoms with Crippen molar-refractivity contribution in [3.8, 4) is 0 Å². The molecule has 24 heavy (non-hydrogen) atoms. The van der Waals surface area contributed by atoms with Gasteiger partial charge in [0.1, 0.15) is 0 Å². The van der Waals surface area contributed by atoms with E-state index in [0.717, 1.165) is 32.6 Å². The van der Waals surface area contributed by atoms with Crippen molar-refractivity contribution in [2.24, 2.45) is 5.92 Å². The zero-order valence-corrected chi connectivity index (χ0v) is 14.6. The SMILES string of the molecule is CN1CCCN(C[C@H](CC(=O)Nc2ccc(Cl)cc2)C(=O)O)CC1. The molecule has 1 amide bonds. The first-order valence-corrected chi connectivity index (χ1v) is 8.51. The maximum Gasteiger partial charge on any atom is 0.308 e. The normalized spacial score (nSPS) is 17.9. The lowest BCUT2D eigenvalue weighted by atomic mass is 10.0. The molecule has 0 saturated carbocycles. The van der Waals surface area contributed by atoms with Crippen molar-refractivity contribution >= 4 is 29.2 Å². The second kappa shape index (κ2) is 9.01. The van der Waals surface area contributed by atoms with Crippen molar-refractivity contribution < 1.29 is 14.7 Å². The van der Waals surface area contributed by atoms with Crippen LogP contribution >= 0.6 is 11.6 Å². The van der Waals surface area contributed by atoms with Crippen molar-refractivity contribution in [3.05, 3.63) is 29.3 Å². The fraction of sp³-hybridized carbons (Fsp3) is 0.529. The van der Waals surface area contributed by atoms with Crippen LogP contribution in [0.15, 0.2) is 24.3 Å². The highest BCUT2D eigenvalue weighted by Gasteiger charge is 2.25. The predicted octanol–water partition coefficient (Wildman–Crippen LogP) is 2.01. The Morgan fingerprint density at radius 2 is 1.92 bits per heavy atom. The summed E-state index contributed by atoms with van der Waals surface area (Å²) in [7, 11) is 2.07. The van der Waals surface area contributed by atoms with Crippen molar-refractivity contribution in [1.29, 1.82) is 0 Å². The average molecular weight is 354 g/mol. The Morgan fingerprint density at radius 3 is 2.58 bits per heavy atom. The van der Waals surface area contributed by atoms with Crippen molar-refractivity contribution in [2.75, 3.05) is 45.1 Å². The molecular weight excluding hydrogens is 330 g/mol. The number of nitrogens with one attached hydrogen (secondary N) is 1. The molecule has 1 aliphatic rings. The van der Waals surface area contributed by atoms with Crippen molar-refractivity contribution in [1.82, 2.24) is 9.80 Å². The number of benzene rings is 1. The number of carbonyl (C=O) groups is 2. The van der Waals surface area contributed by atoms with Gasteiger partial charge in [-0.3, -0.25) is 9.59 Å². The lowest BCUT2D eigenvalue weighted by molar-refractivity contribution is -0.144. The van der Waals surface area contributed by atoms with Gasteiger partial charge in [0.2, 0.25) is 5.91 Å². The Bertz CT molecular complexity index is 565. The van der Waals surface area contributed by atoms with Gasteiger partial charge < -0.3 is 20.2 Å². The molecule has 0 radical (unpaired) electrons. The van der Waals surface area contributed by atoms with Crippen LogP contribution in [0.1, 0.15) is 12.8 Å². The van der Waals surface area contributed by atoms with Gasteiger partial charge in [-0.25, -0.2) is 0 Å². The van der Waals surface area contributed by atoms with Gasteiger partial charge >= 0.3 is 5.97 Å². The summed E-state index contributed by atoms with van der Waals surface area (Å²) in [6.45, 7) is 4.04. The van der Waals surface area contributed by atoms with Crippen LogP contribution in [0, 0.1) is 5.92 Å². The quantitative estimate of drug-likeness (QED) is 0.818. The first-order valence-electron chi connectivity index (χ1n) is 8.13. The third kappa shape index (κ3) is 6.11. The Balaban J connectivity index is 1.89. The third-order valence-corrected chi connectivity index (χ3v) is 4.45. The monoisotopic (exact) mass is 353 g/mol. The van der Waals surface area contributed by atoms with Crippen LogP contribution in [0.5, 0.6) is 0 Å². The van der Waals surface area contributed by atoms with Crippen molar-refractivity contribution in [3.63, 3.8) is 0 Å². The molecule has 1 aliphatic heterocycles. The number of likely N-dealkylation sites (N-methyl/N-ethyl adjacent to an activating group) is 1. The van der Waals surface area contributed by atoms with Gasteiger partial charge in [0.15, 0.2) is 0 Å². The number of amides is 1. The van der Waals surface area contributed by atoms with Crippen LogP contribution in [0.25, 0.3) is 0 Å². The lowest BCUT2D eigenvalue weighted by Gasteiger charge is -2.23. The van der Waals surface area contributed by atoms with E-state index in [0.29, 0.717) is 17.3 Å². The summed E-state index contributed by atoms with van der Waals surface area (Å²) in [5, 5.41) is 12.8. The molecule has 1 atom stereocenters. The van der Waals surface area contributed by atoms with E-state index in [4.69, 9.17) is 11.6 Å². The minimum atomic E-state index is -0.932. The predicted molar refractivity (Wildman–Crippen MR) is 94.4 cm³/mol. The van der Waals surface area contributed by atoms with Crippen molar-refractivity contribution in [2.45, 2.75) is 12.8 Å². The van der Waals surface area contributed by atoms with Crippen LogP contribution in [-0.2, 0) is 9.59 Å². The molecule has 132 valence electrons. The van der Waals surface area contributed by atoms with Gasteiger partial charge in [-0.1, -0.05) is 11.6 Å². The van der Waals surface area contributed by atoms with Gasteiger partial charge in [-0.15, -0.1) is 0 Å². The summed E-state index contributed by atoms with van der Waals surface area (Å²) in [6, 6.07) is 6.75. The highest BCUT2D eigenvalue weighted by Crippen LogP contribution is 2.15. The lowest BCUT2D eigenvalue weighted by Crippen LogP contribution is -2.37. The van der Waals surface area contributed by atoms with E-state index in [1.54, 1.807) is 24.3 Å². The molecule has 1 aromatic carbocycles. The van der Waals surface area contributed by atoms with Crippen LogP contribution in [0.3, 0.4) is 0 Å². The standard InChI is InChI=1S/C17H24ClN3O3/c1-20-7-2-8-21(10-9-20)12-13(17(23)24)11-16(22)19-15-5-3-14(18)4-6-15/h3-6,13H,2,7-12H2,1H3,(H,19,22)(H,23,24)/t13-/m0/s1. The second-order valence-electron chi connectivity index (χ2n) is 6.25. The molecule has 1 aromatic rings. The van der Waals surface area contributed by atoms with E-state index in [-0.39, 0.29) is 12.3 Å². The molecule has 2 N–H and O–H groups in total. The molecule has 1 fully saturated rings. The maximum atomic E-state index is 12.1. The third-order valence-electron chi connectivity index (χ3n) is 4.20. The van der Waals surface area contributed by atoms with E-state index in [2.05, 4.69) is 22.2 Å². The Kier molecular flexibility index (Phi) is 7.02. The largest absolute Gasteiger partial charge is 0.481 e. The number of halogens is 1. The average Bonchev–Trinajstić information content (AvgIpc) is 2.73. The van der Waals surface area contributed by atoms with Crippen LogP contribution in [-0.4, -0.2) is 66.6 Å². The molecule has 1 heterocycles. The molecule has 2 rings (SSSR count). The van der Waals surface area contributed by atoms with E-state index in [9.17, 15) is 14.7 Å². The van der Waals surface area contributed by atoms with Crippen LogP contribution in [0.4, 0.5) is 5.69 Å². The fourth-order valence-corrected chi connectivity index (χ4v) is 2.92. The summed E-state index contributed by atoms with van der Waals surface area (Å²) < 4.78 is 0. The molecule has 0 aliphatic carbocycles. The molecule has 7 heteroatoms. The molecule has 1 saturated heterocycles. The molecule has 0 aromatic heterocycles. The number of carboxylic acid groups (broad SMARTS) is 1. The summed E-state index contributed by atoms with van der Waals surface area (Å²) in [5.74, 6) is -1.93. The Hall–Kier alpha value is -1.63. The van der Waals surface area contributed by atoms with Gasteiger partial charge in [-0.05, 0) is 50.8 Å². The van der Waals surface area contributed by atoms with Gasteiger partial charge in [0, 0.05) is 36.8 Å². The molecular formula is C17H24ClN3O3. The van der Waals surface area contributed by atoms with Gasteiger partial charge in [0.25, 0.3) is 0 Å². The first-order chi connectivity index (χ1) is 11.4. The number of aliphatic carboxylic acids is 1. The van der Waals surface area contributed by atoms with E-state index in [1.165, 1.54) is 0 Å². The number of anilines is 1. The van der Waals surface area contributed by atoms with E-state index in [1.807, 2.05) is 0 Å². The first kappa shape index (κ1) is 18.7. The number of rotatable bonds is 6. The van der Waals surface area contributed by atoms with E-state index < -0.39 is 11.9 Å². The summed E-state index contributed by atoms with van der Waals surface area (Å²) in [4.78, 5) is 28.0. The molecule has 0 bridgehead atoms. The molecule has 6 nitrogen and oxygen atoms in total. The van der Waals surface area contributed by atoms with Crippen LogP contribution < -0.4 is 5.32 Å². The Labute approximate surface area is 147 Å². The summed E-state index contributed by atoms with van der Waals surface area (Å²) in [5.41, 5.74) is 0.616. The minimum Gasteiger partial charge on any atom is -0.481 e. The number of hydrogen-bond acceptors (Lipinski definition) is 4. The zero-order chi connectivity index (χ0) is 17.5. The zero-order valence-electron chi connectivity index (χ0n) is 13.9. The van der Waals surface area contributed by atoms with Gasteiger partial charge in [-0.2, -0.15) is 0 Å². The smallest absolute Gasteiger partial charge is 0.308 e. The molecule has 0 spiro atoms. The van der Waals surface area contributed by atoms with E-state index >= 15 is 0 Å². The fourth-order valence-electron chi connectivity index (χ4n) is 2.79.